The first-order chi connectivity index (χ1) is 20.4. The maximum absolute atomic E-state index is 15.5. The zero-order chi connectivity index (χ0) is 28.6. The Hall–Kier alpha value is -3.38. The number of anilines is 2. The highest BCUT2D eigenvalue weighted by Crippen LogP contribution is 2.50. The van der Waals surface area contributed by atoms with Crippen LogP contribution in [-0.4, -0.2) is 86.7 Å². The molecule has 2 aromatic heterocycles. The van der Waals surface area contributed by atoms with Crippen LogP contribution in [0.3, 0.4) is 0 Å². The van der Waals surface area contributed by atoms with Crippen LogP contribution in [0, 0.1) is 5.82 Å². The number of aromatic nitrogens is 4. The molecule has 4 fully saturated rings. The molecular formula is C30H35F2N7O3. The van der Waals surface area contributed by atoms with Crippen LogP contribution in [0.4, 0.5) is 20.3 Å². The van der Waals surface area contributed by atoms with E-state index < -0.39 is 12.3 Å². The number of carbonyl (C=O) groups excluding carboxylic acids is 1. The summed E-state index contributed by atoms with van der Waals surface area (Å²) in [5.41, 5.74) is 2.20. The van der Waals surface area contributed by atoms with Crippen molar-refractivity contribution in [2.24, 2.45) is 0 Å². The Morgan fingerprint density at radius 3 is 2.88 bits per heavy atom. The molecule has 1 saturated carbocycles. The fraction of sp³-hybridized carbons (Fsp3) is 0.600. The highest BCUT2D eigenvalue weighted by Gasteiger charge is 2.49. The van der Waals surface area contributed by atoms with Crippen LogP contribution in [0.5, 0.6) is 6.01 Å². The van der Waals surface area contributed by atoms with Crippen LogP contribution in [0.2, 0.25) is 0 Å². The number of ether oxygens (including phenoxy) is 1. The lowest BCUT2D eigenvalue weighted by Crippen LogP contribution is -2.43. The maximum Gasteiger partial charge on any atom is 0.318 e. The van der Waals surface area contributed by atoms with Crippen LogP contribution in [0.1, 0.15) is 78.9 Å². The molecule has 3 aromatic rings. The molecule has 1 unspecified atom stereocenters. The van der Waals surface area contributed by atoms with Crippen molar-refractivity contribution in [2.45, 2.75) is 81.6 Å². The summed E-state index contributed by atoms with van der Waals surface area (Å²) in [5.74, 6) is -0.0670. The van der Waals surface area contributed by atoms with Gasteiger partial charge in [-0.1, -0.05) is 0 Å². The van der Waals surface area contributed by atoms with Crippen LogP contribution in [0.15, 0.2) is 12.3 Å². The van der Waals surface area contributed by atoms with E-state index in [-0.39, 0.29) is 42.3 Å². The number of aromatic amines is 1. The van der Waals surface area contributed by atoms with Gasteiger partial charge in [-0.3, -0.25) is 14.8 Å². The number of halogens is 2. The molecule has 0 radical (unpaired) electrons. The third-order valence-electron chi connectivity index (χ3n) is 9.90. The second-order valence-corrected chi connectivity index (χ2v) is 12.7. The SMILES string of the molecule is O=C1c2c(nc(OC[C@@]34CCCN3C[C@H](F)C4)nc2N2CCCC(O)CC2)CN1c1c(C2CC2)c(F)cc2[nH]ncc12. The fourth-order valence-electron chi connectivity index (χ4n) is 7.68. The van der Waals surface area contributed by atoms with Crippen LogP contribution in [0.25, 0.3) is 10.9 Å². The Labute approximate surface area is 242 Å². The number of fused-ring (bicyclic) bond motifs is 3. The second kappa shape index (κ2) is 9.84. The first-order valence-corrected chi connectivity index (χ1v) is 15.2. The van der Waals surface area contributed by atoms with E-state index in [4.69, 9.17) is 14.7 Å². The molecule has 12 heteroatoms. The summed E-state index contributed by atoms with van der Waals surface area (Å²) in [4.78, 5) is 29.7. The Balaban J connectivity index is 1.19. The topological polar surface area (TPSA) is 111 Å². The summed E-state index contributed by atoms with van der Waals surface area (Å²) in [6.45, 7) is 2.90. The predicted octanol–water partition coefficient (Wildman–Crippen LogP) is 3.84. The number of carbonyl (C=O) groups is 1. The van der Waals surface area contributed by atoms with Gasteiger partial charge >= 0.3 is 6.01 Å². The van der Waals surface area contributed by atoms with Crippen LogP contribution in [-0.2, 0) is 6.54 Å². The molecule has 10 nitrogen and oxygen atoms in total. The minimum Gasteiger partial charge on any atom is -0.461 e. The molecule has 0 bridgehead atoms. The van der Waals surface area contributed by atoms with Crippen molar-refractivity contribution >= 4 is 28.3 Å². The summed E-state index contributed by atoms with van der Waals surface area (Å²) in [6.07, 6.45) is 6.44. The van der Waals surface area contributed by atoms with Crippen molar-refractivity contribution < 1.29 is 23.4 Å². The van der Waals surface area contributed by atoms with Crippen molar-refractivity contribution in [1.29, 1.82) is 0 Å². The van der Waals surface area contributed by atoms with E-state index in [0.717, 1.165) is 38.6 Å². The highest BCUT2D eigenvalue weighted by atomic mass is 19.1. The van der Waals surface area contributed by atoms with Gasteiger partial charge in [0.1, 0.15) is 30.0 Å². The average Bonchev–Trinajstić information content (AvgIpc) is 3.36. The second-order valence-electron chi connectivity index (χ2n) is 12.7. The lowest BCUT2D eigenvalue weighted by Gasteiger charge is -2.31. The predicted molar refractivity (Wildman–Crippen MR) is 151 cm³/mol. The van der Waals surface area contributed by atoms with E-state index in [1.54, 1.807) is 11.1 Å². The molecule has 0 spiro atoms. The summed E-state index contributed by atoms with van der Waals surface area (Å²) >= 11 is 0. The van der Waals surface area contributed by atoms with Gasteiger partial charge in [-0.05, 0) is 63.5 Å². The Bertz CT molecular complexity index is 1560. The third kappa shape index (κ3) is 4.24. The minimum absolute atomic E-state index is 0.0618. The summed E-state index contributed by atoms with van der Waals surface area (Å²) in [6, 6.07) is 1.63. The van der Waals surface area contributed by atoms with Crippen molar-refractivity contribution in [1.82, 2.24) is 25.1 Å². The highest BCUT2D eigenvalue weighted by molar-refractivity contribution is 6.16. The Morgan fingerprint density at radius 2 is 2.02 bits per heavy atom. The molecule has 6 heterocycles. The number of hydrogen-bond donors (Lipinski definition) is 2. The Kier molecular flexibility index (Phi) is 6.15. The number of H-pyrrole nitrogens is 1. The van der Waals surface area contributed by atoms with Crippen molar-refractivity contribution in [2.75, 3.05) is 42.6 Å². The van der Waals surface area contributed by atoms with Crippen LogP contribution < -0.4 is 14.5 Å². The molecule has 3 atom stereocenters. The molecule has 3 saturated heterocycles. The average molecular weight is 580 g/mol. The molecule has 1 aromatic carbocycles. The normalized spacial score (nSPS) is 28.0. The molecule has 5 aliphatic rings. The molecule has 1 amide bonds. The summed E-state index contributed by atoms with van der Waals surface area (Å²) in [5, 5.41) is 18.0. The number of nitrogens with zero attached hydrogens (tertiary/aromatic N) is 6. The number of benzene rings is 1. The van der Waals surface area contributed by atoms with E-state index in [1.807, 2.05) is 4.90 Å². The van der Waals surface area contributed by atoms with Crippen molar-refractivity contribution in [3.8, 4) is 6.01 Å². The van der Waals surface area contributed by atoms with E-state index in [2.05, 4.69) is 15.1 Å². The first kappa shape index (κ1) is 26.3. The van der Waals surface area contributed by atoms with E-state index in [0.29, 0.717) is 78.1 Å². The van der Waals surface area contributed by atoms with Gasteiger partial charge in [-0.15, -0.1) is 0 Å². The minimum atomic E-state index is -0.869. The van der Waals surface area contributed by atoms with E-state index >= 15 is 4.39 Å². The number of rotatable bonds is 6. The lowest BCUT2D eigenvalue weighted by molar-refractivity contribution is 0.0995. The molecule has 42 heavy (non-hydrogen) atoms. The van der Waals surface area contributed by atoms with Gasteiger partial charge in [0.25, 0.3) is 5.91 Å². The molecule has 222 valence electrons. The number of hydrogen-bond acceptors (Lipinski definition) is 8. The smallest absolute Gasteiger partial charge is 0.318 e. The molecule has 2 N–H and O–H groups in total. The number of alkyl halides is 1. The van der Waals surface area contributed by atoms with E-state index in [9.17, 15) is 14.3 Å². The first-order valence-electron chi connectivity index (χ1n) is 15.2. The van der Waals surface area contributed by atoms with Gasteiger partial charge in [-0.2, -0.15) is 15.1 Å². The molecular weight excluding hydrogens is 544 g/mol. The number of aliphatic hydroxyl groups is 1. The fourth-order valence-corrected chi connectivity index (χ4v) is 7.68. The largest absolute Gasteiger partial charge is 0.461 e. The standard InChI is InChI=1S/C30H35F2N7O3/c31-18-12-30(7-2-9-38(30)14-18)16-42-29-34-23-15-39(26-20-13-33-36-22(20)11-21(32)24(26)17-4-5-17)28(41)25(23)27(35-29)37-8-1-3-19(40)6-10-37/h11,13,17-19,40H,1-10,12,14-16H2,(H,33,36)/t18-,19?,30+/m1/s1. The maximum atomic E-state index is 15.5. The molecule has 8 rings (SSSR count). The molecule has 1 aliphatic carbocycles. The molecule has 4 aliphatic heterocycles. The monoisotopic (exact) mass is 579 g/mol. The number of nitrogens with one attached hydrogen (secondary N) is 1. The van der Waals surface area contributed by atoms with Gasteiger partial charge in [0, 0.05) is 37.0 Å². The quantitative estimate of drug-likeness (QED) is 0.454. The van der Waals surface area contributed by atoms with Gasteiger partial charge < -0.3 is 19.6 Å². The van der Waals surface area contributed by atoms with Crippen LogP contribution >= 0.6 is 0 Å². The van der Waals surface area contributed by atoms with Gasteiger partial charge in [-0.25, -0.2) is 8.78 Å². The number of aliphatic hydroxyl groups excluding tert-OH is 1. The lowest BCUT2D eigenvalue weighted by atomic mass is 9.95. The van der Waals surface area contributed by atoms with Crippen molar-refractivity contribution in [3.05, 3.63) is 34.9 Å². The zero-order valence-corrected chi connectivity index (χ0v) is 23.5. The van der Waals surface area contributed by atoms with Crippen molar-refractivity contribution in [3.63, 3.8) is 0 Å². The van der Waals surface area contributed by atoms with E-state index in [1.165, 1.54) is 6.07 Å². The van der Waals surface area contributed by atoms with Gasteiger partial charge in [0.15, 0.2) is 0 Å². The summed E-state index contributed by atoms with van der Waals surface area (Å²) < 4.78 is 36.1. The Morgan fingerprint density at radius 1 is 1.14 bits per heavy atom. The third-order valence-corrected chi connectivity index (χ3v) is 9.90. The number of amides is 1. The van der Waals surface area contributed by atoms with Gasteiger partial charge in [0.2, 0.25) is 0 Å². The zero-order valence-electron chi connectivity index (χ0n) is 23.5. The summed E-state index contributed by atoms with van der Waals surface area (Å²) in [7, 11) is 0. The van der Waals surface area contributed by atoms with Gasteiger partial charge in [0.05, 0.1) is 41.3 Å².